The van der Waals surface area contributed by atoms with Gasteiger partial charge in [-0.2, -0.15) is 0 Å². The summed E-state index contributed by atoms with van der Waals surface area (Å²) >= 11 is 0. The molecule has 0 saturated heterocycles. The molecule has 0 aliphatic heterocycles. The summed E-state index contributed by atoms with van der Waals surface area (Å²) in [5.74, 6) is 0.439. The van der Waals surface area contributed by atoms with Crippen LogP contribution < -0.4 is 4.90 Å². The van der Waals surface area contributed by atoms with E-state index in [1.165, 1.54) is 12.3 Å². The van der Waals surface area contributed by atoms with Crippen LogP contribution in [-0.2, 0) is 6.61 Å². The lowest BCUT2D eigenvalue weighted by Crippen LogP contribution is -2.31. The van der Waals surface area contributed by atoms with E-state index in [2.05, 4.69) is 18.8 Å². The third-order valence-electron chi connectivity index (χ3n) is 2.93. The maximum Gasteiger partial charge on any atom is 0.171 e. The van der Waals surface area contributed by atoms with Gasteiger partial charge in [-0.3, -0.25) is 0 Å². The van der Waals surface area contributed by atoms with E-state index in [1.54, 1.807) is 0 Å². The van der Waals surface area contributed by atoms with Gasteiger partial charge < -0.3 is 10.0 Å². The molecule has 1 heterocycles. The molecule has 1 aromatic heterocycles. The van der Waals surface area contributed by atoms with Crippen molar-refractivity contribution in [3.05, 3.63) is 23.6 Å². The van der Waals surface area contributed by atoms with Crippen LogP contribution >= 0.6 is 0 Å². The minimum atomic E-state index is -0.423. The fraction of sp³-hybridized carbons (Fsp3) is 0.615. The third-order valence-corrected chi connectivity index (χ3v) is 2.93. The number of pyridine rings is 1. The second-order valence-corrected chi connectivity index (χ2v) is 4.86. The SMILES string of the molecule is CC(C)CC(C)N(C)c1nccc(CO)c1F. The van der Waals surface area contributed by atoms with E-state index in [0.29, 0.717) is 17.3 Å². The highest BCUT2D eigenvalue weighted by Crippen LogP contribution is 2.22. The average molecular weight is 240 g/mol. The topological polar surface area (TPSA) is 36.4 Å². The van der Waals surface area contributed by atoms with Gasteiger partial charge in [-0.15, -0.1) is 0 Å². The predicted molar refractivity (Wildman–Crippen MR) is 67.4 cm³/mol. The summed E-state index contributed by atoms with van der Waals surface area (Å²) in [5, 5.41) is 9.02. The maximum absolute atomic E-state index is 14.0. The normalized spacial score (nSPS) is 12.9. The lowest BCUT2D eigenvalue weighted by molar-refractivity contribution is 0.275. The summed E-state index contributed by atoms with van der Waals surface area (Å²) in [6, 6.07) is 1.71. The molecule has 1 aromatic rings. The van der Waals surface area contributed by atoms with Crippen LogP contribution in [0.15, 0.2) is 12.3 Å². The first kappa shape index (κ1) is 13.9. The van der Waals surface area contributed by atoms with Crippen molar-refractivity contribution < 1.29 is 9.50 Å². The van der Waals surface area contributed by atoms with Gasteiger partial charge in [0.25, 0.3) is 0 Å². The fourth-order valence-corrected chi connectivity index (χ4v) is 1.89. The summed E-state index contributed by atoms with van der Waals surface area (Å²) in [7, 11) is 1.83. The van der Waals surface area contributed by atoms with E-state index in [4.69, 9.17) is 5.11 Å². The quantitative estimate of drug-likeness (QED) is 0.859. The van der Waals surface area contributed by atoms with E-state index in [0.717, 1.165) is 6.42 Å². The number of hydrogen-bond donors (Lipinski definition) is 1. The number of nitrogens with zero attached hydrogens (tertiary/aromatic N) is 2. The van der Waals surface area contributed by atoms with Gasteiger partial charge in [0, 0.05) is 24.8 Å². The Kier molecular flexibility index (Phi) is 4.87. The van der Waals surface area contributed by atoms with Crippen molar-refractivity contribution in [1.82, 2.24) is 4.98 Å². The van der Waals surface area contributed by atoms with E-state index in [-0.39, 0.29) is 12.6 Å². The van der Waals surface area contributed by atoms with Gasteiger partial charge in [0.05, 0.1) is 6.61 Å². The molecule has 1 N–H and O–H groups in total. The number of aliphatic hydroxyl groups is 1. The van der Waals surface area contributed by atoms with Gasteiger partial charge in [0.2, 0.25) is 0 Å². The van der Waals surface area contributed by atoms with Crippen LogP contribution in [-0.4, -0.2) is 23.2 Å². The number of halogens is 1. The molecule has 0 radical (unpaired) electrons. The Morgan fingerprint density at radius 2 is 2.06 bits per heavy atom. The molecule has 1 atom stereocenters. The Hall–Kier alpha value is -1.16. The number of aliphatic hydroxyl groups excluding tert-OH is 1. The zero-order valence-electron chi connectivity index (χ0n) is 10.9. The molecular weight excluding hydrogens is 219 g/mol. The van der Waals surface area contributed by atoms with Crippen molar-refractivity contribution >= 4 is 5.82 Å². The molecule has 0 aromatic carbocycles. The molecule has 0 fully saturated rings. The standard InChI is InChI=1S/C13H21FN2O/c1-9(2)7-10(3)16(4)13-12(14)11(8-17)5-6-15-13/h5-6,9-10,17H,7-8H2,1-4H3. The predicted octanol–water partition coefficient (Wildman–Crippen LogP) is 2.58. The molecule has 0 aliphatic rings. The average Bonchev–Trinajstić information content (AvgIpc) is 2.27. The Morgan fingerprint density at radius 3 is 2.59 bits per heavy atom. The summed E-state index contributed by atoms with van der Waals surface area (Å²) in [5.41, 5.74) is 0.290. The van der Waals surface area contributed by atoms with Crippen molar-refractivity contribution in [2.24, 2.45) is 5.92 Å². The highest BCUT2D eigenvalue weighted by Gasteiger charge is 2.18. The number of rotatable bonds is 5. The largest absolute Gasteiger partial charge is 0.392 e. The molecule has 1 unspecified atom stereocenters. The smallest absolute Gasteiger partial charge is 0.171 e. The molecule has 3 nitrogen and oxygen atoms in total. The second kappa shape index (κ2) is 5.96. The molecule has 0 amide bonds. The van der Waals surface area contributed by atoms with Crippen molar-refractivity contribution in [2.75, 3.05) is 11.9 Å². The molecule has 0 bridgehead atoms. The minimum absolute atomic E-state index is 0.214. The van der Waals surface area contributed by atoms with Crippen LogP contribution in [0.5, 0.6) is 0 Å². The van der Waals surface area contributed by atoms with Gasteiger partial charge in [0.15, 0.2) is 11.6 Å². The molecule has 4 heteroatoms. The first-order chi connectivity index (χ1) is 7.97. The monoisotopic (exact) mass is 240 g/mol. The number of hydrogen-bond acceptors (Lipinski definition) is 3. The molecule has 0 saturated carbocycles. The highest BCUT2D eigenvalue weighted by atomic mass is 19.1. The van der Waals surface area contributed by atoms with E-state index >= 15 is 0 Å². The van der Waals surface area contributed by atoms with E-state index in [9.17, 15) is 4.39 Å². The molecule has 0 aliphatic carbocycles. The minimum Gasteiger partial charge on any atom is -0.392 e. The Labute approximate surface area is 102 Å². The summed E-state index contributed by atoms with van der Waals surface area (Å²) < 4.78 is 14.0. The lowest BCUT2D eigenvalue weighted by Gasteiger charge is -2.27. The molecule has 1 rings (SSSR count). The molecular formula is C13H21FN2O. The van der Waals surface area contributed by atoms with Crippen LogP contribution in [0.25, 0.3) is 0 Å². The maximum atomic E-state index is 14.0. The van der Waals surface area contributed by atoms with Crippen LogP contribution in [0.4, 0.5) is 10.2 Å². The molecule has 96 valence electrons. The second-order valence-electron chi connectivity index (χ2n) is 4.86. The van der Waals surface area contributed by atoms with Gasteiger partial charge >= 0.3 is 0 Å². The zero-order valence-corrected chi connectivity index (χ0v) is 10.9. The fourth-order valence-electron chi connectivity index (χ4n) is 1.89. The first-order valence-corrected chi connectivity index (χ1v) is 5.94. The number of anilines is 1. The summed E-state index contributed by atoms with van der Waals surface area (Å²) in [6.45, 7) is 6.02. The zero-order chi connectivity index (χ0) is 13.0. The van der Waals surface area contributed by atoms with Crippen molar-refractivity contribution in [3.63, 3.8) is 0 Å². The summed E-state index contributed by atoms with van der Waals surface area (Å²) in [4.78, 5) is 5.88. The third kappa shape index (κ3) is 3.40. The van der Waals surface area contributed by atoms with Gasteiger partial charge in [0.1, 0.15) is 0 Å². The van der Waals surface area contributed by atoms with E-state index < -0.39 is 5.82 Å². The highest BCUT2D eigenvalue weighted by molar-refractivity contribution is 5.43. The van der Waals surface area contributed by atoms with E-state index in [1.807, 2.05) is 18.9 Å². The molecule has 17 heavy (non-hydrogen) atoms. The van der Waals surface area contributed by atoms with Crippen LogP contribution in [0.3, 0.4) is 0 Å². The van der Waals surface area contributed by atoms with Crippen molar-refractivity contribution in [3.8, 4) is 0 Å². The molecule has 0 spiro atoms. The van der Waals surface area contributed by atoms with Gasteiger partial charge in [-0.05, 0) is 25.3 Å². The lowest BCUT2D eigenvalue weighted by atomic mass is 10.0. The Balaban J connectivity index is 2.92. The Bertz CT molecular complexity index is 368. The van der Waals surface area contributed by atoms with Crippen molar-refractivity contribution in [2.45, 2.75) is 39.8 Å². The Morgan fingerprint density at radius 1 is 1.41 bits per heavy atom. The van der Waals surface area contributed by atoms with Crippen LogP contribution in [0.1, 0.15) is 32.8 Å². The van der Waals surface area contributed by atoms with Gasteiger partial charge in [-0.1, -0.05) is 13.8 Å². The summed E-state index contributed by atoms with van der Waals surface area (Å²) in [6.07, 6.45) is 2.50. The van der Waals surface area contributed by atoms with Gasteiger partial charge in [-0.25, -0.2) is 9.37 Å². The first-order valence-electron chi connectivity index (χ1n) is 5.94. The van der Waals surface area contributed by atoms with Crippen molar-refractivity contribution in [1.29, 1.82) is 0 Å². The number of aromatic nitrogens is 1. The van der Waals surface area contributed by atoms with Crippen LogP contribution in [0.2, 0.25) is 0 Å². The van der Waals surface area contributed by atoms with Crippen LogP contribution in [0, 0.1) is 11.7 Å².